The molecule has 1 amide bonds. The van der Waals surface area contributed by atoms with Crippen LogP contribution in [0.3, 0.4) is 0 Å². The van der Waals surface area contributed by atoms with E-state index in [0.717, 1.165) is 5.56 Å². The van der Waals surface area contributed by atoms with E-state index in [1.807, 2.05) is 12.1 Å². The summed E-state index contributed by atoms with van der Waals surface area (Å²) in [4.78, 5) is 24.0. The van der Waals surface area contributed by atoms with E-state index >= 15 is 0 Å². The minimum atomic E-state index is -0.513. The summed E-state index contributed by atoms with van der Waals surface area (Å²) in [7, 11) is 0. The van der Waals surface area contributed by atoms with Crippen molar-refractivity contribution >= 4 is 50.7 Å². The van der Waals surface area contributed by atoms with E-state index in [1.165, 1.54) is 11.3 Å². The van der Waals surface area contributed by atoms with E-state index in [1.54, 1.807) is 53.9 Å². The van der Waals surface area contributed by atoms with E-state index in [9.17, 15) is 14.7 Å². The Morgan fingerprint density at radius 3 is 2.58 bits per heavy atom. The number of thiophene rings is 1. The van der Waals surface area contributed by atoms with Crippen LogP contribution < -0.4 is 5.32 Å². The minimum absolute atomic E-state index is 0.0423. The van der Waals surface area contributed by atoms with Crippen molar-refractivity contribution in [1.29, 1.82) is 0 Å². The number of aromatic hydroxyl groups is 1. The summed E-state index contributed by atoms with van der Waals surface area (Å²) in [6.07, 6.45) is 0.689. The van der Waals surface area contributed by atoms with Gasteiger partial charge in [0.1, 0.15) is 10.7 Å². The first-order valence-electron chi connectivity index (χ1n) is 9.31. The number of hydrogen-bond acceptors (Lipinski definition) is 7. The van der Waals surface area contributed by atoms with Crippen molar-refractivity contribution in [3.05, 3.63) is 82.7 Å². The number of anilines is 1. The van der Waals surface area contributed by atoms with Gasteiger partial charge in [0.2, 0.25) is 0 Å². The topological polar surface area (TPSA) is 111 Å². The number of phenols is 1. The first-order valence-corrected chi connectivity index (χ1v) is 10.2. The number of rotatable bonds is 6. The Kier molecular flexibility index (Phi) is 5.83. The van der Waals surface area contributed by atoms with Gasteiger partial charge in [-0.3, -0.25) is 9.59 Å². The Balaban J connectivity index is 1.74. The highest BCUT2D eigenvalue weighted by Crippen LogP contribution is 2.40. The van der Waals surface area contributed by atoms with E-state index < -0.39 is 5.91 Å². The Hall–Kier alpha value is -3.88. The molecule has 0 atom stereocenters. The second kappa shape index (κ2) is 8.86. The van der Waals surface area contributed by atoms with Crippen LogP contribution in [0.5, 0.6) is 5.75 Å². The van der Waals surface area contributed by atoms with Crippen LogP contribution in [0.1, 0.15) is 26.3 Å². The molecule has 8 heteroatoms. The molecule has 3 N–H and O–H groups in total. The number of phenolic OH excluding ortho intramolecular Hbond substituents is 1. The van der Waals surface area contributed by atoms with Crippen LogP contribution in [0.25, 0.3) is 10.8 Å². The molecule has 0 saturated carbocycles. The molecular formula is C23H17N3O4S. The van der Waals surface area contributed by atoms with Crippen LogP contribution in [0.4, 0.5) is 16.4 Å². The minimum Gasteiger partial charge on any atom is -0.505 e. The Morgan fingerprint density at radius 1 is 1.06 bits per heavy atom. The van der Waals surface area contributed by atoms with Gasteiger partial charge in [0, 0.05) is 11.1 Å². The first-order chi connectivity index (χ1) is 15.1. The lowest BCUT2D eigenvalue weighted by Crippen LogP contribution is -2.12. The fraction of sp³-hybridized carbons (Fsp3) is 0.0435. The van der Waals surface area contributed by atoms with Gasteiger partial charge in [0.25, 0.3) is 5.91 Å². The van der Waals surface area contributed by atoms with Crippen molar-refractivity contribution in [2.75, 3.05) is 5.32 Å². The molecule has 154 valence electrons. The number of aliphatic hydroxyl groups excluding tert-OH is 1. The zero-order chi connectivity index (χ0) is 21.8. The van der Waals surface area contributed by atoms with Gasteiger partial charge in [0.05, 0.1) is 17.7 Å². The number of amides is 1. The number of carbonyl (C=O) groups is 2. The SMILES string of the molecule is O=Cc1ccsc1N=Nc1c(O)c(C(=O)Nc2ccc(CO)cc2)cc2ccccc12. The van der Waals surface area contributed by atoms with Crippen molar-refractivity contribution in [2.24, 2.45) is 10.2 Å². The highest BCUT2D eigenvalue weighted by molar-refractivity contribution is 7.14. The van der Waals surface area contributed by atoms with E-state index in [-0.39, 0.29) is 23.6 Å². The monoisotopic (exact) mass is 431 g/mol. The number of benzene rings is 3. The maximum Gasteiger partial charge on any atom is 0.259 e. The Labute approximate surface area is 181 Å². The lowest BCUT2D eigenvalue weighted by molar-refractivity contribution is 0.102. The largest absolute Gasteiger partial charge is 0.505 e. The Morgan fingerprint density at radius 2 is 1.84 bits per heavy atom. The summed E-state index contributed by atoms with van der Waals surface area (Å²) in [5, 5.41) is 34.5. The number of hydrogen-bond donors (Lipinski definition) is 3. The number of carbonyl (C=O) groups excluding carboxylic acids is 2. The van der Waals surface area contributed by atoms with Crippen molar-refractivity contribution < 1.29 is 19.8 Å². The highest BCUT2D eigenvalue weighted by Gasteiger charge is 2.19. The highest BCUT2D eigenvalue weighted by atomic mass is 32.1. The number of azo groups is 1. The van der Waals surface area contributed by atoms with Crippen LogP contribution in [0.2, 0.25) is 0 Å². The standard InChI is InChI=1S/C23H17N3O4S/c27-12-14-5-7-17(8-6-14)24-22(30)19-11-15-3-1-2-4-18(15)20(21(19)29)25-26-23-16(13-28)9-10-31-23/h1-11,13,27,29H,12H2,(H,24,30). The summed E-state index contributed by atoms with van der Waals surface area (Å²) in [6.45, 7) is -0.0931. The van der Waals surface area contributed by atoms with Gasteiger partial charge in [-0.1, -0.05) is 36.4 Å². The average molecular weight is 431 g/mol. The molecule has 1 aromatic heterocycles. The van der Waals surface area contributed by atoms with Crippen LogP contribution in [0.15, 0.2) is 76.3 Å². The lowest BCUT2D eigenvalue weighted by Gasteiger charge is -2.11. The van der Waals surface area contributed by atoms with Gasteiger partial charge in [-0.2, -0.15) is 0 Å². The summed E-state index contributed by atoms with van der Waals surface area (Å²) in [6, 6.07) is 17.1. The third-order valence-corrected chi connectivity index (χ3v) is 5.49. The fourth-order valence-corrected chi connectivity index (χ4v) is 3.75. The van der Waals surface area contributed by atoms with Crippen LogP contribution in [-0.4, -0.2) is 22.4 Å². The lowest BCUT2D eigenvalue weighted by atomic mass is 10.0. The molecule has 0 bridgehead atoms. The molecule has 0 aliphatic carbocycles. The number of nitrogens with zero attached hydrogens (tertiary/aromatic N) is 2. The molecule has 4 rings (SSSR count). The molecular weight excluding hydrogens is 414 g/mol. The summed E-state index contributed by atoms with van der Waals surface area (Å²) < 4.78 is 0. The number of nitrogens with one attached hydrogen (secondary N) is 1. The molecule has 0 radical (unpaired) electrons. The predicted octanol–water partition coefficient (Wildman–Crippen LogP) is 5.58. The summed E-state index contributed by atoms with van der Waals surface area (Å²) in [5.41, 5.74) is 1.83. The van der Waals surface area contributed by atoms with Crippen LogP contribution in [0, 0.1) is 0 Å². The van der Waals surface area contributed by atoms with Crippen molar-refractivity contribution in [3.8, 4) is 5.75 Å². The van der Waals surface area contributed by atoms with E-state index in [0.29, 0.717) is 33.3 Å². The molecule has 0 unspecified atom stereocenters. The van der Waals surface area contributed by atoms with Crippen LogP contribution in [-0.2, 0) is 6.61 Å². The van der Waals surface area contributed by atoms with Gasteiger partial charge >= 0.3 is 0 Å². The van der Waals surface area contributed by atoms with Gasteiger partial charge in [-0.05, 0) is 40.6 Å². The van der Waals surface area contributed by atoms with Gasteiger partial charge < -0.3 is 15.5 Å². The fourth-order valence-electron chi connectivity index (χ4n) is 3.06. The van der Waals surface area contributed by atoms with E-state index in [4.69, 9.17) is 5.11 Å². The maximum atomic E-state index is 12.9. The third-order valence-electron chi connectivity index (χ3n) is 4.68. The number of fused-ring (bicyclic) bond motifs is 1. The van der Waals surface area contributed by atoms with Crippen molar-refractivity contribution in [2.45, 2.75) is 6.61 Å². The number of aliphatic hydroxyl groups is 1. The second-order valence-corrected chi connectivity index (χ2v) is 7.55. The summed E-state index contributed by atoms with van der Waals surface area (Å²) in [5.74, 6) is -0.822. The molecule has 7 nitrogen and oxygen atoms in total. The first kappa shape index (κ1) is 20.4. The zero-order valence-electron chi connectivity index (χ0n) is 16.1. The van der Waals surface area contributed by atoms with Crippen LogP contribution >= 0.6 is 11.3 Å². The quantitative estimate of drug-likeness (QED) is 0.273. The second-order valence-electron chi connectivity index (χ2n) is 6.65. The average Bonchev–Trinajstić information content (AvgIpc) is 3.26. The zero-order valence-corrected chi connectivity index (χ0v) is 17.0. The molecule has 0 spiro atoms. The predicted molar refractivity (Wildman–Crippen MR) is 120 cm³/mol. The number of aldehydes is 1. The normalized spacial score (nSPS) is 11.1. The van der Waals surface area contributed by atoms with Gasteiger partial charge in [-0.25, -0.2) is 0 Å². The Bertz CT molecular complexity index is 1300. The molecule has 1 heterocycles. The molecule has 0 saturated heterocycles. The molecule has 0 aliphatic heterocycles. The molecule has 31 heavy (non-hydrogen) atoms. The molecule has 3 aromatic carbocycles. The smallest absolute Gasteiger partial charge is 0.259 e. The maximum absolute atomic E-state index is 12.9. The van der Waals surface area contributed by atoms with Gasteiger partial charge in [0.15, 0.2) is 12.0 Å². The van der Waals surface area contributed by atoms with Gasteiger partial charge in [-0.15, -0.1) is 21.6 Å². The molecule has 0 aliphatic rings. The molecule has 0 fully saturated rings. The summed E-state index contributed by atoms with van der Waals surface area (Å²) >= 11 is 1.25. The third kappa shape index (κ3) is 4.20. The van der Waals surface area contributed by atoms with Crippen molar-refractivity contribution in [3.63, 3.8) is 0 Å². The van der Waals surface area contributed by atoms with Crippen molar-refractivity contribution in [1.82, 2.24) is 0 Å². The van der Waals surface area contributed by atoms with E-state index in [2.05, 4.69) is 15.5 Å². The molecule has 4 aromatic rings.